The number of carbonyl (C=O) groups is 1. The monoisotopic (exact) mass is 449 g/mol. The first-order valence-corrected chi connectivity index (χ1v) is 11.2. The van der Waals surface area contributed by atoms with Crippen LogP contribution in [0.5, 0.6) is 5.75 Å². The third kappa shape index (κ3) is 3.66. The highest BCUT2D eigenvalue weighted by atomic mass is 32.1. The van der Waals surface area contributed by atoms with Crippen molar-refractivity contribution in [3.63, 3.8) is 0 Å². The fraction of sp³-hybridized carbons (Fsp3) is 0.250. The highest BCUT2D eigenvalue weighted by Gasteiger charge is 2.33. The van der Waals surface area contributed by atoms with Gasteiger partial charge in [0.15, 0.2) is 0 Å². The number of nitrogens with one attached hydrogen (secondary N) is 1. The molecule has 1 atom stereocenters. The number of aliphatic hydroxyl groups is 1. The van der Waals surface area contributed by atoms with Crippen LogP contribution in [0.4, 0.5) is 0 Å². The molecule has 0 fully saturated rings. The minimum Gasteiger partial charge on any atom is -0.497 e. The van der Waals surface area contributed by atoms with Crippen molar-refractivity contribution >= 4 is 28.2 Å². The smallest absolute Gasteiger partial charge is 0.325 e. The lowest BCUT2D eigenvalue weighted by Crippen LogP contribution is -2.37. The summed E-state index contributed by atoms with van der Waals surface area (Å²) < 4.78 is 5.23. The van der Waals surface area contributed by atoms with Crippen LogP contribution in [-0.4, -0.2) is 44.7 Å². The number of ether oxygens (including phenoxy) is 1. The number of fused-ring (bicyclic) bond motifs is 2. The Morgan fingerprint density at radius 1 is 1.28 bits per heavy atom. The molecule has 4 aromatic rings. The van der Waals surface area contributed by atoms with Crippen LogP contribution in [0.2, 0.25) is 0 Å². The van der Waals surface area contributed by atoms with E-state index < -0.39 is 12.0 Å². The van der Waals surface area contributed by atoms with Gasteiger partial charge in [0, 0.05) is 52.6 Å². The van der Waals surface area contributed by atoms with Gasteiger partial charge in [0.2, 0.25) is 0 Å². The number of carboxylic acids is 1. The lowest BCUT2D eigenvalue weighted by Gasteiger charge is -2.31. The largest absolute Gasteiger partial charge is 0.497 e. The molecule has 3 N–H and O–H groups in total. The number of aliphatic carboxylic acids is 1. The van der Waals surface area contributed by atoms with E-state index in [2.05, 4.69) is 4.98 Å². The van der Waals surface area contributed by atoms with E-state index in [4.69, 9.17) is 9.72 Å². The molecule has 2 aromatic heterocycles. The van der Waals surface area contributed by atoms with Gasteiger partial charge >= 0.3 is 5.97 Å². The van der Waals surface area contributed by atoms with E-state index >= 15 is 0 Å². The number of benzene rings is 2. The maximum Gasteiger partial charge on any atom is 0.325 e. The summed E-state index contributed by atoms with van der Waals surface area (Å²) in [4.78, 5) is 23.4. The molecular weight excluding hydrogens is 426 g/mol. The van der Waals surface area contributed by atoms with E-state index in [-0.39, 0.29) is 6.61 Å². The molecule has 0 aliphatic carbocycles. The van der Waals surface area contributed by atoms with Crippen LogP contribution in [-0.2, 0) is 24.4 Å². The first kappa shape index (κ1) is 20.7. The van der Waals surface area contributed by atoms with Crippen molar-refractivity contribution in [1.82, 2.24) is 14.9 Å². The molecule has 5 rings (SSSR count). The molecule has 0 spiro atoms. The zero-order valence-electron chi connectivity index (χ0n) is 17.5. The fourth-order valence-corrected chi connectivity index (χ4v) is 5.44. The number of nitrogens with zero attached hydrogens (tertiary/aromatic N) is 2. The van der Waals surface area contributed by atoms with Crippen LogP contribution < -0.4 is 4.74 Å². The molecule has 7 nitrogen and oxygen atoms in total. The Kier molecular flexibility index (Phi) is 5.42. The Balaban J connectivity index is 1.44. The number of methoxy groups -OCH3 is 1. The van der Waals surface area contributed by atoms with Gasteiger partial charge in [-0.1, -0.05) is 12.1 Å². The molecule has 0 radical (unpaired) electrons. The minimum absolute atomic E-state index is 0.0521. The number of hydrogen-bond acceptors (Lipinski definition) is 6. The van der Waals surface area contributed by atoms with Gasteiger partial charge in [-0.3, -0.25) is 9.69 Å². The summed E-state index contributed by atoms with van der Waals surface area (Å²) in [5.41, 5.74) is 4.43. The predicted octanol–water partition coefficient (Wildman–Crippen LogP) is 3.98. The van der Waals surface area contributed by atoms with E-state index in [1.54, 1.807) is 24.6 Å². The molecule has 32 heavy (non-hydrogen) atoms. The number of aromatic nitrogens is 2. The summed E-state index contributed by atoms with van der Waals surface area (Å²) >= 11 is 1.62. The lowest BCUT2D eigenvalue weighted by molar-refractivity contribution is -0.144. The van der Waals surface area contributed by atoms with Crippen LogP contribution in [0.3, 0.4) is 0 Å². The topological polar surface area (TPSA) is 98.7 Å². The van der Waals surface area contributed by atoms with E-state index in [0.717, 1.165) is 48.9 Å². The Morgan fingerprint density at radius 3 is 2.81 bits per heavy atom. The molecule has 0 saturated heterocycles. The molecule has 8 heteroatoms. The Morgan fingerprint density at radius 2 is 2.09 bits per heavy atom. The molecule has 0 saturated carbocycles. The van der Waals surface area contributed by atoms with Crippen LogP contribution >= 0.6 is 11.3 Å². The lowest BCUT2D eigenvalue weighted by atomic mass is 10.0. The third-order valence-electron chi connectivity index (χ3n) is 5.95. The van der Waals surface area contributed by atoms with E-state index in [0.29, 0.717) is 19.5 Å². The molecule has 0 amide bonds. The zero-order valence-corrected chi connectivity index (χ0v) is 18.4. The van der Waals surface area contributed by atoms with Gasteiger partial charge in [-0.2, -0.15) is 0 Å². The number of H-pyrrole nitrogens is 1. The van der Waals surface area contributed by atoms with Crippen molar-refractivity contribution < 1.29 is 19.7 Å². The van der Waals surface area contributed by atoms with Crippen molar-refractivity contribution in [2.45, 2.75) is 25.6 Å². The number of hydrogen-bond donors (Lipinski definition) is 3. The summed E-state index contributed by atoms with van der Waals surface area (Å²) in [6.07, 6.45) is 2.48. The van der Waals surface area contributed by atoms with Gasteiger partial charge in [0.25, 0.3) is 0 Å². The maximum absolute atomic E-state index is 12.3. The minimum atomic E-state index is -0.875. The number of aliphatic hydroxyl groups excluding tert-OH is 1. The molecule has 1 unspecified atom stereocenters. The summed E-state index contributed by atoms with van der Waals surface area (Å²) in [5.74, 6) is -0.0733. The van der Waals surface area contributed by atoms with Gasteiger partial charge in [0.05, 0.1) is 19.4 Å². The van der Waals surface area contributed by atoms with Crippen molar-refractivity contribution in [3.8, 4) is 16.3 Å². The number of rotatable bonds is 6. The van der Waals surface area contributed by atoms with Crippen molar-refractivity contribution in [2.24, 2.45) is 0 Å². The normalized spacial score (nSPS) is 14.9. The highest BCUT2D eigenvalue weighted by Crippen LogP contribution is 2.37. The molecule has 1 aliphatic heterocycles. The number of aromatic amines is 1. The van der Waals surface area contributed by atoms with Crippen LogP contribution in [0.25, 0.3) is 21.5 Å². The Labute approximate surface area is 188 Å². The molecule has 164 valence electrons. The second-order valence-corrected chi connectivity index (χ2v) is 8.94. The number of thiazole rings is 1. The van der Waals surface area contributed by atoms with E-state index in [1.807, 2.05) is 47.4 Å². The van der Waals surface area contributed by atoms with Gasteiger partial charge < -0.3 is 19.9 Å². The quantitative estimate of drug-likeness (QED) is 0.412. The standard InChI is InChI=1S/C24H23N3O4S/c1-31-16-5-3-15(4-6-16)23-26-19-8-9-27(12-21(19)32-23)22(24(29)30)18-11-25-20-10-14(13-28)2-7-17(18)20/h2-7,10-11,22,25,28H,8-9,12-13H2,1H3,(H,29,30). The zero-order chi connectivity index (χ0) is 22.2. The van der Waals surface area contributed by atoms with Crippen molar-refractivity contribution in [2.75, 3.05) is 13.7 Å². The first-order chi connectivity index (χ1) is 15.6. The average molecular weight is 450 g/mol. The van der Waals surface area contributed by atoms with Gasteiger partial charge in [0.1, 0.15) is 16.8 Å². The van der Waals surface area contributed by atoms with Crippen LogP contribution in [0.1, 0.15) is 27.7 Å². The predicted molar refractivity (Wildman–Crippen MR) is 123 cm³/mol. The highest BCUT2D eigenvalue weighted by molar-refractivity contribution is 7.15. The maximum atomic E-state index is 12.3. The molecule has 1 aliphatic rings. The van der Waals surface area contributed by atoms with E-state index in [1.165, 1.54) is 0 Å². The van der Waals surface area contributed by atoms with Gasteiger partial charge in [-0.05, 0) is 35.9 Å². The molecular formula is C24H23N3O4S. The second kappa shape index (κ2) is 8.38. The molecule has 3 heterocycles. The van der Waals surface area contributed by atoms with Crippen molar-refractivity contribution in [1.29, 1.82) is 0 Å². The number of carboxylic acid groups (broad SMARTS) is 1. The average Bonchev–Trinajstić information content (AvgIpc) is 3.43. The summed E-state index contributed by atoms with van der Waals surface area (Å²) in [6, 6.07) is 12.6. The SMILES string of the molecule is COc1ccc(-c2nc3c(s2)CN(C(C(=O)O)c2c[nH]c4cc(CO)ccc24)CC3)cc1. The third-order valence-corrected chi connectivity index (χ3v) is 7.08. The van der Waals surface area contributed by atoms with Crippen LogP contribution in [0.15, 0.2) is 48.7 Å². The van der Waals surface area contributed by atoms with E-state index in [9.17, 15) is 15.0 Å². The first-order valence-electron chi connectivity index (χ1n) is 10.4. The molecule has 2 aromatic carbocycles. The summed E-state index contributed by atoms with van der Waals surface area (Å²) in [7, 11) is 1.64. The van der Waals surface area contributed by atoms with Crippen LogP contribution in [0, 0.1) is 0 Å². The summed E-state index contributed by atoms with van der Waals surface area (Å²) in [5, 5.41) is 21.3. The van der Waals surface area contributed by atoms with Gasteiger partial charge in [-0.15, -0.1) is 11.3 Å². The molecule has 0 bridgehead atoms. The van der Waals surface area contributed by atoms with Crippen molar-refractivity contribution in [3.05, 3.63) is 70.4 Å². The second-order valence-electron chi connectivity index (χ2n) is 7.86. The fourth-order valence-electron chi connectivity index (χ4n) is 4.30. The summed E-state index contributed by atoms with van der Waals surface area (Å²) in [6.45, 7) is 1.11. The Bertz CT molecular complexity index is 1280. The van der Waals surface area contributed by atoms with Gasteiger partial charge in [-0.25, -0.2) is 4.98 Å². The Hall–Kier alpha value is -3.20.